The molecule has 1 aromatic rings. The van der Waals surface area contributed by atoms with Gasteiger partial charge in [-0.25, -0.2) is 0 Å². The summed E-state index contributed by atoms with van der Waals surface area (Å²) >= 11 is 0. The molecular weight excluding hydrogens is 211 g/mol. The summed E-state index contributed by atoms with van der Waals surface area (Å²) in [7, 11) is -2.86. The van der Waals surface area contributed by atoms with Crippen molar-refractivity contribution in [3.8, 4) is 0 Å². The predicted octanol–water partition coefficient (Wildman–Crippen LogP) is 1.72. The SMILES string of the molecule is [2H]c1c([2H])c2c(c([2H])c1B(O)O)C(C([2H])([2H])[2H])(C([2H])([2H])[2H])C([2H])([2H])C([2H])([2H])C2(C([2H])([2H])[2H])C([2H])([2H])[2H]. The van der Waals surface area contributed by atoms with Gasteiger partial charge in [0.15, 0.2) is 0 Å². The van der Waals surface area contributed by atoms with Gasteiger partial charge in [0.1, 0.15) is 0 Å². The highest BCUT2D eigenvalue weighted by atomic mass is 16.4. The zero-order chi connectivity index (χ0) is 29.0. The van der Waals surface area contributed by atoms with E-state index >= 15 is 0 Å². The Morgan fingerprint density at radius 2 is 1.76 bits per heavy atom. The van der Waals surface area contributed by atoms with Gasteiger partial charge < -0.3 is 10.0 Å². The van der Waals surface area contributed by atoms with Crippen molar-refractivity contribution in [2.45, 2.75) is 51.0 Å². The third-order valence-corrected chi connectivity index (χ3v) is 2.28. The number of rotatable bonds is 1. The fourth-order valence-corrected chi connectivity index (χ4v) is 1.42. The number of fused-ring (bicyclic) bond motifs is 1. The Hall–Kier alpha value is -0.795. The standard InChI is InChI=1S/C14H21BO2/c1-13(2)7-8-14(3,4)12-9-10(15(16)17)5-6-11(12)13/h5-6,9,16-17H,7-8H2,1-4H3/i1D3,2D3,3D3,4D3,5D,6D,7D2,8D2,9D. The molecule has 0 saturated carbocycles. The Morgan fingerprint density at radius 3 is 2.29 bits per heavy atom. The molecule has 92 valence electrons. The molecular formula is C14H21BO2. The Morgan fingerprint density at radius 1 is 1.18 bits per heavy atom. The lowest BCUT2D eigenvalue weighted by Gasteiger charge is -2.42. The highest BCUT2D eigenvalue weighted by Crippen LogP contribution is 2.45. The molecule has 2 N–H and O–H groups in total. The number of hydrogen-bond donors (Lipinski definition) is 2. The van der Waals surface area contributed by atoms with Crippen molar-refractivity contribution >= 4 is 12.6 Å². The first-order chi connectivity index (χ1) is 15.5. The quantitative estimate of drug-likeness (QED) is 0.746. The summed E-state index contributed by atoms with van der Waals surface area (Å²) in [6, 6.07) is -4.63. The molecule has 0 radical (unpaired) electrons. The van der Waals surface area contributed by atoms with Gasteiger partial charge in [-0.15, -0.1) is 0 Å². The van der Waals surface area contributed by atoms with E-state index in [0.717, 1.165) is 0 Å². The highest BCUT2D eigenvalue weighted by molar-refractivity contribution is 6.58. The zero-order valence-corrected chi connectivity index (χ0v) is 8.47. The molecule has 0 amide bonds. The van der Waals surface area contributed by atoms with E-state index in [1.165, 1.54) is 0 Å². The molecule has 0 aromatic heterocycles. The smallest absolute Gasteiger partial charge is 0.423 e. The molecule has 0 unspecified atom stereocenters. The third kappa shape index (κ3) is 2.14. The van der Waals surface area contributed by atoms with Crippen LogP contribution in [0.25, 0.3) is 0 Å². The fraction of sp³-hybridized carbons (Fsp3) is 0.571. The maximum atomic E-state index is 9.73. The first kappa shape index (κ1) is 2.86. The summed E-state index contributed by atoms with van der Waals surface area (Å²) in [5, 5.41) is 19.5. The molecule has 2 nitrogen and oxygen atoms in total. The van der Waals surface area contributed by atoms with Crippen LogP contribution in [0.5, 0.6) is 0 Å². The molecule has 0 bridgehead atoms. The normalized spacial score (nSPS) is 46.1. The molecule has 0 aliphatic heterocycles. The van der Waals surface area contributed by atoms with Gasteiger partial charge >= 0.3 is 7.12 Å². The van der Waals surface area contributed by atoms with Crippen LogP contribution in [-0.4, -0.2) is 17.2 Å². The van der Waals surface area contributed by atoms with Crippen LogP contribution in [-0.2, 0) is 10.8 Å². The topological polar surface area (TPSA) is 40.5 Å². The van der Waals surface area contributed by atoms with Gasteiger partial charge in [0.25, 0.3) is 0 Å². The summed E-state index contributed by atoms with van der Waals surface area (Å²) < 4.78 is 155. The average Bonchev–Trinajstić information content (AvgIpc) is 2.56. The van der Waals surface area contributed by atoms with Crippen LogP contribution in [0, 0.1) is 0 Å². The third-order valence-electron chi connectivity index (χ3n) is 2.28. The van der Waals surface area contributed by atoms with E-state index in [0.29, 0.717) is 0 Å². The van der Waals surface area contributed by atoms with Gasteiger partial charge in [-0.05, 0) is 40.2 Å². The minimum atomic E-state index is -4.43. The summed E-state index contributed by atoms with van der Waals surface area (Å²) in [5.74, 6) is 0. The lowest BCUT2D eigenvalue weighted by molar-refractivity contribution is 0.332. The van der Waals surface area contributed by atoms with Crippen molar-refractivity contribution in [1.29, 1.82) is 0 Å². The Balaban J connectivity index is 3.71. The highest BCUT2D eigenvalue weighted by Gasteiger charge is 2.37. The van der Waals surface area contributed by atoms with Crippen LogP contribution < -0.4 is 5.46 Å². The minimum absolute atomic E-state index is 1.32. The second kappa shape index (κ2) is 3.86. The number of hydrogen-bond acceptors (Lipinski definition) is 2. The van der Waals surface area contributed by atoms with E-state index < -0.39 is 92.8 Å². The molecule has 2 rings (SSSR count). The van der Waals surface area contributed by atoms with E-state index in [4.69, 9.17) is 26.0 Å². The van der Waals surface area contributed by atoms with Crippen molar-refractivity contribution in [2.24, 2.45) is 0 Å². The van der Waals surface area contributed by atoms with Crippen LogP contribution >= 0.6 is 0 Å². The van der Waals surface area contributed by atoms with E-state index in [-0.39, 0.29) is 0 Å². The van der Waals surface area contributed by atoms with Gasteiger partial charge in [-0.3, -0.25) is 0 Å². The molecule has 0 fully saturated rings. The van der Waals surface area contributed by atoms with E-state index in [2.05, 4.69) is 0 Å². The van der Waals surface area contributed by atoms with Gasteiger partial charge in [0.2, 0.25) is 0 Å². The maximum Gasteiger partial charge on any atom is 0.488 e. The van der Waals surface area contributed by atoms with Gasteiger partial charge in [0.05, 0.1) is 4.11 Å². The van der Waals surface area contributed by atoms with Crippen LogP contribution in [0.2, 0.25) is 0 Å². The van der Waals surface area contributed by atoms with Crippen molar-refractivity contribution in [2.75, 3.05) is 0 Å². The first-order valence-electron chi connectivity index (χ1n) is 14.1. The van der Waals surface area contributed by atoms with Crippen LogP contribution in [0.1, 0.15) is 77.3 Å². The fourth-order valence-electron chi connectivity index (χ4n) is 1.42. The Labute approximate surface area is 131 Å². The van der Waals surface area contributed by atoms with Crippen LogP contribution in [0.3, 0.4) is 0 Å². The largest absolute Gasteiger partial charge is 0.488 e. The summed E-state index contributed by atoms with van der Waals surface area (Å²) in [6.45, 7) is -16.6. The molecule has 0 atom stereocenters. The maximum absolute atomic E-state index is 9.73. The Bertz CT molecular complexity index is 1030. The van der Waals surface area contributed by atoms with Gasteiger partial charge in [0, 0.05) is 21.9 Å². The molecule has 1 aliphatic rings. The second-order valence-electron chi connectivity index (χ2n) is 3.66. The van der Waals surface area contributed by atoms with Gasteiger partial charge in [-0.2, -0.15) is 0 Å². The molecule has 0 heterocycles. The van der Waals surface area contributed by atoms with Crippen LogP contribution in [0.15, 0.2) is 18.1 Å². The summed E-state index contributed by atoms with van der Waals surface area (Å²) in [4.78, 5) is 0. The molecule has 1 aromatic carbocycles. The second-order valence-corrected chi connectivity index (χ2v) is 3.66. The first-order valence-corrected chi connectivity index (χ1v) is 4.56. The summed E-state index contributed by atoms with van der Waals surface area (Å²) in [6.07, 6.45) is -8.85. The van der Waals surface area contributed by atoms with Crippen molar-refractivity contribution in [1.82, 2.24) is 0 Å². The van der Waals surface area contributed by atoms with Crippen molar-refractivity contribution in [3.63, 3.8) is 0 Å². The number of benzene rings is 1. The summed E-state index contributed by atoms with van der Waals surface area (Å²) in [5.41, 5.74) is -13.1. The zero-order valence-electron chi connectivity index (χ0n) is 27.5. The monoisotopic (exact) mass is 251 g/mol. The molecule has 0 saturated heterocycles. The molecule has 3 heteroatoms. The predicted molar refractivity (Wildman–Crippen MR) is 71.6 cm³/mol. The van der Waals surface area contributed by atoms with Gasteiger partial charge in [-0.1, -0.05) is 45.5 Å². The van der Waals surface area contributed by atoms with Crippen molar-refractivity contribution in [3.05, 3.63) is 29.3 Å². The molecule has 17 heavy (non-hydrogen) atoms. The average molecular weight is 251 g/mol. The lowest BCUT2D eigenvalue weighted by atomic mass is 9.61. The lowest BCUT2D eigenvalue weighted by Crippen LogP contribution is -2.37. The van der Waals surface area contributed by atoms with Crippen LogP contribution in [0.4, 0.5) is 0 Å². The molecule has 0 spiro atoms. The molecule has 1 aliphatic carbocycles. The van der Waals surface area contributed by atoms with E-state index in [1.54, 1.807) is 0 Å². The van der Waals surface area contributed by atoms with E-state index in [9.17, 15) is 10.0 Å². The van der Waals surface area contributed by atoms with E-state index in [1.807, 2.05) is 0 Å². The Kier molecular flexibility index (Phi) is 0.648. The van der Waals surface area contributed by atoms with Crippen molar-refractivity contribution < 1.29 is 36.1 Å². The minimum Gasteiger partial charge on any atom is -0.423 e.